The Labute approximate surface area is 285 Å². The summed E-state index contributed by atoms with van der Waals surface area (Å²) in [5, 5.41) is 1.48. The Kier molecular flexibility index (Phi) is 9.32. The van der Waals surface area contributed by atoms with Gasteiger partial charge < -0.3 is 19.3 Å². The van der Waals surface area contributed by atoms with Gasteiger partial charge in [-0.3, -0.25) is 9.69 Å². The van der Waals surface area contributed by atoms with Crippen LogP contribution in [0.5, 0.6) is 0 Å². The van der Waals surface area contributed by atoms with E-state index in [2.05, 4.69) is 23.5 Å². The first-order valence-electron chi connectivity index (χ1n) is 17.8. The Morgan fingerprint density at radius 3 is 2.50 bits per heavy atom. The lowest BCUT2D eigenvalue weighted by molar-refractivity contribution is -0.571. The number of amides is 1. The highest BCUT2D eigenvalue weighted by Crippen LogP contribution is 2.60. The standard InChI is InChI=1S/C36H52N4O7S/c1-24-14-15-29-25(2)31(44-34-36(29)28(24)16-17-35(3,45-34)46-47-36)12-8-18-39-19-21-40(22-20-39)33(41)23-37-48(42,43)32-13-7-9-26-27(32)10-6-11-30(26)38(4)5/h6-7,9-11,13,24-25,28-29,31,34,37H,8,12,14-23H2,1-5H3/t24-,25-,28+,29+,31-,34-,35-,36-/m1/s1. The summed E-state index contributed by atoms with van der Waals surface area (Å²) in [4.78, 5) is 31.6. The summed E-state index contributed by atoms with van der Waals surface area (Å²) < 4.78 is 42.5. The molecule has 1 N–H and O–H groups in total. The van der Waals surface area contributed by atoms with Crippen LogP contribution in [-0.4, -0.2) is 101 Å². The quantitative estimate of drug-likeness (QED) is 0.386. The second kappa shape index (κ2) is 13.1. The zero-order valence-corrected chi connectivity index (χ0v) is 29.8. The third kappa shape index (κ3) is 6.05. The lowest BCUT2D eigenvalue weighted by atomic mass is 9.57. The summed E-state index contributed by atoms with van der Waals surface area (Å²) in [5.41, 5.74) is 0.412. The molecule has 0 aromatic heterocycles. The summed E-state index contributed by atoms with van der Waals surface area (Å²) in [6.45, 7) is 9.96. The Morgan fingerprint density at radius 1 is 0.979 bits per heavy atom. The molecule has 2 aromatic rings. The molecule has 1 aliphatic carbocycles. The van der Waals surface area contributed by atoms with E-state index in [0.29, 0.717) is 42.1 Å². The number of carbonyl (C=O) groups is 1. The van der Waals surface area contributed by atoms with Crippen LogP contribution in [0.2, 0.25) is 0 Å². The molecule has 8 atom stereocenters. The average Bonchev–Trinajstić information content (AvgIpc) is 3.31. The largest absolute Gasteiger partial charge is 0.377 e. The third-order valence-corrected chi connectivity index (χ3v) is 13.5. The summed E-state index contributed by atoms with van der Waals surface area (Å²) in [7, 11) is -0.0292. The van der Waals surface area contributed by atoms with Crippen LogP contribution in [0.15, 0.2) is 41.3 Å². The van der Waals surface area contributed by atoms with Crippen molar-refractivity contribution < 1.29 is 32.5 Å². The Balaban J connectivity index is 0.898. The molecule has 1 amide bonds. The molecule has 5 heterocycles. The van der Waals surface area contributed by atoms with Gasteiger partial charge in [-0.1, -0.05) is 38.1 Å². The minimum Gasteiger partial charge on any atom is -0.377 e. The molecule has 48 heavy (non-hydrogen) atoms. The second-order valence-corrected chi connectivity index (χ2v) is 16.9. The number of rotatable bonds is 9. The van der Waals surface area contributed by atoms with E-state index in [1.807, 2.05) is 44.1 Å². The van der Waals surface area contributed by atoms with Crippen molar-refractivity contribution in [1.82, 2.24) is 14.5 Å². The van der Waals surface area contributed by atoms with Gasteiger partial charge in [-0.2, -0.15) is 0 Å². The number of nitrogens with one attached hydrogen (secondary N) is 1. The van der Waals surface area contributed by atoms with Crippen LogP contribution in [0.1, 0.15) is 59.3 Å². The number of carbonyl (C=O) groups excluding carboxylic acids is 1. The van der Waals surface area contributed by atoms with Crippen molar-refractivity contribution in [2.45, 2.75) is 88.0 Å². The summed E-state index contributed by atoms with van der Waals surface area (Å²) in [5.74, 6) is 0.642. The molecule has 12 heteroatoms. The molecule has 6 aliphatic rings. The number of anilines is 1. The summed E-state index contributed by atoms with van der Waals surface area (Å²) in [6, 6.07) is 10.9. The zero-order chi connectivity index (χ0) is 33.8. The average molecular weight is 685 g/mol. The second-order valence-electron chi connectivity index (χ2n) is 15.2. The minimum atomic E-state index is -3.89. The smallest absolute Gasteiger partial charge is 0.241 e. The van der Waals surface area contributed by atoms with Crippen molar-refractivity contribution in [2.24, 2.45) is 23.7 Å². The normalized spacial score (nSPS) is 35.3. The molecular weight excluding hydrogens is 632 g/mol. The molecule has 1 saturated carbocycles. The molecule has 1 spiro atoms. The topological polar surface area (TPSA) is 110 Å². The van der Waals surface area contributed by atoms with Crippen molar-refractivity contribution >= 4 is 32.4 Å². The van der Waals surface area contributed by atoms with Gasteiger partial charge in [-0.15, -0.1) is 0 Å². The van der Waals surface area contributed by atoms with E-state index in [0.717, 1.165) is 62.8 Å². The van der Waals surface area contributed by atoms with Crippen LogP contribution < -0.4 is 9.62 Å². The monoisotopic (exact) mass is 684 g/mol. The molecule has 0 radical (unpaired) electrons. The molecule has 5 saturated heterocycles. The van der Waals surface area contributed by atoms with Crippen LogP contribution in [0.4, 0.5) is 5.69 Å². The number of ether oxygens (including phenoxy) is 2. The summed E-state index contributed by atoms with van der Waals surface area (Å²) in [6.07, 6.45) is 5.78. The Hall–Kier alpha value is -2.32. The molecule has 8 rings (SSSR count). The zero-order valence-electron chi connectivity index (χ0n) is 29.0. The number of fused-ring (bicyclic) bond motifs is 3. The van der Waals surface area contributed by atoms with E-state index < -0.39 is 27.7 Å². The van der Waals surface area contributed by atoms with Crippen molar-refractivity contribution in [2.75, 3.05) is 58.3 Å². The van der Waals surface area contributed by atoms with Crippen molar-refractivity contribution in [1.29, 1.82) is 0 Å². The fraction of sp³-hybridized carbons (Fsp3) is 0.694. The molecule has 264 valence electrons. The van der Waals surface area contributed by atoms with Gasteiger partial charge in [-0.25, -0.2) is 22.9 Å². The van der Waals surface area contributed by atoms with Crippen molar-refractivity contribution in [3.05, 3.63) is 36.4 Å². The number of nitrogens with zero attached hydrogens (tertiary/aromatic N) is 3. The van der Waals surface area contributed by atoms with Gasteiger partial charge in [0.05, 0.1) is 17.5 Å². The lowest BCUT2D eigenvalue weighted by Gasteiger charge is -2.60. The molecule has 5 aliphatic heterocycles. The highest BCUT2D eigenvalue weighted by Gasteiger charge is 2.69. The van der Waals surface area contributed by atoms with Gasteiger partial charge in [0.25, 0.3) is 0 Å². The van der Waals surface area contributed by atoms with Crippen LogP contribution >= 0.6 is 0 Å². The number of piperazine rings is 1. The van der Waals surface area contributed by atoms with Crippen molar-refractivity contribution in [3.8, 4) is 0 Å². The fourth-order valence-corrected chi connectivity index (χ4v) is 10.5. The molecule has 0 unspecified atom stereocenters. The summed E-state index contributed by atoms with van der Waals surface area (Å²) >= 11 is 0. The van der Waals surface area contributed by atoms with E-state index >= 15 is 0 Å². The van der Waals surface area contributed by atoms with Crippen LogP contribution in [-0.2, 0) is 34.1 Å². The van der Waals surface area contributed by atoms with Crippen LogP contribution in [0.3, 0.4) is 0 Å². The SMILES string of the molecule is C[C@H]1[C@@H](CCCN2CCN(C(=O)CNS(=O)(=O)c3cccc4c(N(C)C)cccc34)CC2)O[C@@H]2O[C@@]3(C)CC[C@H]4[C@H](C)CC[C@@H]1[C@@]24OO3. The molecule has 2 aromatic carbocycles. The first-order chi connectivity index (χ1) is 22.9. The maximum absolute atomic E-state index is 13.3. The van der Waals surface area contributed by atoms with Crippen molar-refractivity contribution in [3.63, 3.8) is 0 Å². The maximum Gasteiger partial charge on any atom is 0.241 e. The lowest BCUT2D eigenvalue weighted by Crippen LogP contribution is -2.70. The van der Waals surface area contributed by atoms with Crippen LogP contribution in [0.25, 0.3) is 10.8 Å². The van der Waals surface area contributed by atoms with E-state index in [4.69, 9.17) is 19.2 Å². The predicted molar refractivity (Wildman–Crippen MR) is 183 cm³/mol. The maximum atomic E-state index is 13.3. The van der Waals surface area contributed by atoms with E-state index in [1.165, 1.54) is 6.42 Å². The van der Waals surface area contributed by atoms with Gasteiger partial charge in [0, 0.05) is 69.1 Å². The van der Waals surface area contributed by atoms with Gasteiger partial charge >= 0.3 is 0 Å². The van der Waals surface area contributed by atoms with E-state index in [9.17, 15) is 13.2 Å². The van der Waals surface area contributed by atoms with Gasteiger partial charge in [-0.05, 0) is 75.5 Å². The Bertz CT molecular complexity index is 1610. The fourth-order valence-electron chi connectivity index (χ4n) is 9.28. The number of hydrogen-bond acceptors (Lipinski definition) is 9. The molecule has 6 fully saturated rings. The molecule has 2 bridgehead atoms. The third-order valence-electron chi connectivity index (χ3n) is 12.0. The highest BCUT2D eigenvalue weighted by molar-refractivity contribution is 7.89. The van der Waals surface area contributed by atoms with E-state index in [-0.39, 0.29) is 23.5 Å². The van der Waals surface area contributed by atoms with Gasteiger partial charge in [0.2, 0.25) is 21.7 Å². The van der Waals surface area contributed by atoms with Crippen LogP contribution in [0, 0.1) is 23.7 Å². The first kappa shape index (κ1) is 34.1. The number of sulfonamides is 1. The number of benzene rings is 2. The minimum absolute atomic E-state index is 0.0957. The molecular formula is C36H52N4O7S. The first-order valence-corrected chi connectivity index (χ1v) is 19.3. The Morgan fingerprint density at radius 2 is 1.73 bits per heavy atom. The van der Waals surface area contributed by atoms with Gasteiger partial charge in [0.1, 0.15) is 0 Å². The highest BCUT2D eigenvalue weighted by atomic mass is 32.2. The van der Waals surface area contributed by atoms with Gasteiger partial charge in [0.15, 0.2) is 11.9 Å². The van der Waals surface area contributed by atoms with E-state index in [1.54, 1.807) is 23.1 Å². The predicted octanol–water partition coefficient (Wildman–Crippen LogP) is 4.36. The number of hydrogen-bond donors (Lipinski definition) is 1. The molecule has 11 nitrogen and oxygen atoms in total.